The minimum Gasteiger partial charge on any atom is -0.550 e. The van der Waals surface area contributed by atoms with Crippen molar-refractivity contribution in [2.45, 2.75) is 19.8 Å². The Morgan fingerprint density at radius 1 is 1.05 bits per heavy atom. The Hall–Kier alpha value is -2.62. The summed E-state index contributed by atoms with van der Waals surface area (Å²) in [6.07, 6.45) is 0.0689. The molecule has 0 saturated heterocycles. The molecule has 1 N–H and O–H groups in total. The van der Waals surface area contributed by atoms with Crippen LogP contribution in [0.4, 0.5) is 5.69 Å². The smallest absolute Gasteiger partial charge is 0.228 e. The summed E-state index contributed by atoms with van der Waals surface area (Å²) in [4.78, 5) is 23.2. The highest BCUT2D eigenvalue weighted by Gasteiger charge is 2.19. The molecule has 0 aliphatic heterocycles. The van der Waals surface area contributed by atoms with E-state index in [0.717, 1.165) is 11.1 Å². The van der Waals surface area contributed by atoms with Gasteiger partial charge in [0.2, 0.25) is 5.91 Å². The highest BCUT2D eigenvalue weighted by Crippen LogP contribution is 2.16. The number of aliphatic carboxylic acids is 1. The summed E-state index contributed by atoms with van der Waals surface area (Å²) >= 11 is 0. The number of carbonyl (C=O) groups excluding carboxylic acids is 2. The molecule has 2 aromatic carbocycles. The molecule has 1 amide bonds. The topological polar surface area (TPSA) is 69.2 Å². The lowest BCUT2D eigenvalue weighted by Crippen LogP contribution is -2.32. The first kappa shape index (κ1) is 15.8. The maximum absolute atomic E-state index is 12.3. The lowest BCUT2D eigenvalue weighted by Gasteiger charge is -2.17. The summed E-state index contributed by atoms with van der Waals surface area (Å²) < 4.78 is 0. The van der Waals surface area contributed by atoms with Crippen LogP contribution in [0.2, 0.25) is 0 Å². The molecular formula is C18H18NO3-. The standard InChI is InChI=1S/C18H19NO3/c1-13-7-9-14(10-8-13)11-15(12-17(20)21)18(22)19-16-5-3-2-4-6-16/h2-10,15H,11-12H2,1H3,(H,19,22)(H,20,21)/p-1/t15-/m1/s1. The zero-order valence-electron chi connectivity index (χ0n) is 12.4. The maximum Gasteiger partial charge on any atom is 0.228 e. The van der Waals surface area contributed by atoms with Crippen LogP contribution in [0.25, 0.3) is 0 Å². The van der Waals surface area contributed by atoms with Gasteiger partial charge in [-0.25, -0.2) is 0 Å². The zero-order valence-corrected chi connectivity index (χ0v) is 12.4. The number of benzene rings is 2. The van der Waals surface area contributed by atoms with E-state index in [0.29, 0.717) is 12.1 Å². The van der Waals surface area contributed by atoms with Crippen molar-refractivity contribution >= 4 is 17.6 Å². The van der Waals surface area contributed by atoms with Crippen molar-refractivity contribution < 1.29 is 14.7 Å². The number of carboxylic acid groups (broad SMARTS) is 1. The van der Waals surface area contributed by atoms with Crippen molar-refractivity contribution in [2.24, 2.45) is 5.92 Å². The molecule has 2 aromatic rings. The van der Waals surface area contributed by atoms with Gasteiger partial charge in [0.15, 0.2) is 0 Å². The van der Waals surface area contributed by atoms with Crippen LogP contribution in [-0.2, 0) is 16.0 Å². The van der Waals surface area contributed by atoms with Crippen molar-refractivity contribution in [1.29, 1.82) is 0 Å². The van der Waals surface area contributed by atoms with Crippen LogP contribution in [0.15, 0.2) is 54.6 Å². The van der Waals surface area contributed by atoms with E-state index in [9.17, 15) is 14.7 Å². The van der Waals surface area contributed by atoms with Gasteiger partial charge >= 0.3 is 0 Å². The molecule has 4 heteroatoms. The molecule has 0 heterocycles. The Balaban J connectivity index is 2.09. The van der Waals surface area contributed by atoms with Gasteiger partial charge in [-0.15, -0.1) is 0 Å². The third-order valence-corrected chi connectivity index (χ3v) is 3.43. The molecule has 0 bridgehead atoms. The number of hydrogen-bond donors (Lipinski definition) is 1. The van der Waals surface area contributed by atoms with Crippen LogP contribution >= 0.6 is 0 Å². The molecule has 0 aliphatic rings. The van der Waals surface area contributed by atoms with E-state index in [-0.39, 0.29) is 12.3 Å². The number of hydrogen-bond acceptors (Lipinski definition) is 3. The van der Waals surface area contributed by atoms with Crippen LogP contribution in [-0.4, -0.2) is 11.9 Å². The molecule has 4 nitrogen and oxygen atoms in total. The van der Waals surface area contributed by atoms with E-state index in [4.69, 9.17) is 0 Å². The second kappa shape index (κ2) is 7.41. The first-order valence-electron chi connectivity index (χ1n) is 7.16. The average Bonchev–Trinajstić information content (AvgIpc) is 2.49. The van der Waals surface area contributed by atoms with E-state index in [1.54, 1.807) is 12.1 Å². The molecule has 2 rings (SSSR count). The predicted molar refractivity (Wildman–Crippen MR) is 83.1 cm³/mol. The molecule has 0 saturated carbocycles. The van der Waals surface area contributed by atoms with Gasteiger partial charge in [0.25, 0.3) is 0 Å². The van der Waals surface area contributed by atoms with Crippen molar-refractivity contribution in [3.8, 4) is 0 Å². The van der Waals surface area contributed by atoms with Crippen molar-refractivity contribution in [3.63, 3.8) is 0 Å². The molecule has 0 unspecified atom stereocenters. The number of carboxylic acids is 1. The summed E-state index contributed by atoms with van der Waals surface area (Å²) in [7, 11) is 0. The molecule has 1 atom stereocenters. The SMILES string of the molecule is Cc1ccc(C[C@H](CC(=O)[O-])C(=O)Nc2ccccc2)cc1. The van der Waals surface area contributed by atoms with Gasteiger partial charge in [0, 0.05) is 17.6 Å². The first-order valence-corrected chi connectivity index (χ1v) is 7.16. The molecule has 0 fully saturated rings. The average molecular weight is 296 g/mol. The molecule has 0 aliphatic carbocycles. The Bertz CT molecular complexity index is 635. The zero-order chi connectivity index (χ0) is 15.9. The largest absolute Gasteiger partial charge is 0.550 e. The van der Waals surface area contributed by atoms with Gasteiger partial charge in [0.05, 0.1) is 0 Å². The second-order valence-electron chi connectivity index (χ2n) is 5.32. The Kier molecular flexibility index (Phi) is 5.31. The van der Waals surface area contributed by atoms with Crippen molar-refractivity contribution in [1.82, 2.24) is 0 Å². The van der Waals surface area contributed by atoms with E-state index >= 15 is 0 Å². The van der Waals surface area contributed by atoms with Gasteiger partial charge < -0.3 is 15.2 Å². The quantitative estimate of drug-likeness (QED) is 0.885. The number of amides is 1. The summed E-state index contributed by atoms with van der Waals surface area (Å²) in [5, 5.41) is 13.7. The molecule has 0 radical (unpaired) electrons. The fourth-order valence-corrected chi connectivity index (χ4v) is 2.23. The van der Waals surface area contributed by atoms with Gasteiger partial charge in [-0.2, -0.15) is 0 Å². The predicted octanol–water partition coefficient (Wildman–Crippen LogP) is 1.93. The van der Waals surface area contributed by atoms with Gasteiger partial charge in [0.1, 0.15) is 0 Å². The summed E-state index contributed by atoms with van der Waals surface area (Å²) in [6.45, 7) is 1.98. The number of carbonyl (C=O) groups is 2. The van der Waals surface area contributed by atoms with Crippen LogP contribution in [0, 0.1) is 12.8 Å². The summed E-state index contributed by atoms with van der Waals surface area (Å²) in [5.74, 6) is -2.19. The minimum atomic E-state index is -1.22. The monoisotopic (exact) mass is 296 g/mol. The van der Waals surface area contributed by atoms with E-state index < -0.39 is 11.9 Å². The van der Waals surface area contributed by atoms with Crippen LogP contribution < -0.4 is 10.4 Å². The Morgan fingerprint density at radius 3 is 2.27 bits per heavy atom. The summed E-state index contributed by atoms with van der Waals surface area (Å²) in [5.41, 5.74) is 2.70. The normalized spacial score (nSPS) is 11.7. The van der Waals surface area contributed by atoms with Crippen molar-refractivity contribution in [2.75, 3.05) is 5.32 Å². The molecule has 0 spiro atoms. The number of rotatable bonds is 6. The van der Waals surface area contributed by atoms with Crippen molar-refractivity contribution in [3.05, 3.63) is 65.7 Å². The molecule has 0 aromatic heterocycles. The van der Waals surface area contributed by atoms with Gasteiger partial charge in [-0.05, 0) is 37.5 Å². The third kappa shape index (κ3) is 4.74. The van der Waals surface area contributed by atoms with E-state index in [1.165, 1.54) is 0 Å². The first-order chi connectivity index (χ1) is 10.5. The highest BCUT2D eigenvalue weighted by atomic mass is 16.4. The number of aryl methyl sites for hydroxylation is 1. The van der Waals surface area contributed by atoms with E-state index in [2.05, 4.69) is 5.32 Å². The number of nitrogens with one attached hydrogen (secondary N) is 1. The summed E-state index contributed by atoms with van der Waals surface area (Å²) in [6, 6.07) is 16.7. The Morgan fingerprint density at radius 2 is 1.68 bits per heavy atom. The number of anilines is 1. The third-order valence-electron chi connectivity index (χ3n) is 3.43. The van der Waals surface area contributed by atoms with Gasteiger partial charge in [-0.3, -0.25) is 4.79 Å². The molecular weight excluding hydrogens is 278 g/mol. The number of para-hydroxylation sites is 1. The fraction of sp³-hybridized carbons (Fsp3) is 0.222. The molecule has 22 heavy (non-hydrogen) atoms. The second-order valence-corrected chi connectivity index (χ2v) is 5.32. The van der Waals surface area contributed by atoms with Crippen LogP contribution in [0.1, 0.15) is 17.5 Å². The maximum atomic E-state index is 12.3. The lowest BCUT2D eigenvalue weighted by atomic mass is 9.94. The highest BCUT2D eigenvalue weighted by molar-refractivity contribution is 5.94. The minimum absolute atomic E-state index is 0.299. The van der Waals surface area contributed by atoms with Crippen LogP contribution in [0.3, 0.4) is 0 Å². The lowest BCUT2D eigenvalue weighted by molar-refractivity contribution is -0.306. The molecule has 114 valence electrons. The Labute approximate surface area is 129 Å². The van der Waals surface area contributed by atoms with Crippen LogP contribution in [0.5, 0.6) is 0 Å². The fourth-order valence-electron chi connectivity index (χ4n) is 2.23. The van der Waals surface area contributed by atoms with Gasteiger partial charge in [-0.1, -0.05) is 48.0 Å². The van der Waals surface area contributed by atoms with E-state index in [1.807, 2.05) is 49.4 Å².